The number of carboxylic acids is 1. The average Bonchev–Trinajstić information content (AvgIpc) is 3.18. The smallest absolute Gasteiger partial charge is 0.322 e. The van der Waals surface area contributed by atoms with Gasteiger partial charge in [0.05, 0.1) is 18.7 Å². The van der Waals surface area contributed by atoms with E-state index in [1.165, 1.54) is 0 Å². The Balaban J connectivity index is 2.76. The van der Waals surface area contributed by atoms with Crippen LogP contribution in [0.15, 0.2) is 0 Å². The Bertz CT molecular complexity index is 774. The highest BCUT2D eigenvalue weighted by atomic mass is 16.4. The molecule has 0 radical (unpaired) electrons. The summed E-state index contributed by atoms with van der Waals surface area (Å²) in [5, 5.41) is 30.5. The molecule has 192 valence electrons. The largest absolute Gasteiger partial charge is 0.480 e. The van der Waals surface area contributed by atoms with Crippen LogP contribution in [0.4, 0.5) is 0 Å². The molecule has 9 N–H and O–H groups in total. The Morgan fingerprint density at radius 2 is 1.68 bits per heavy atom. The molecule has 14 nitrogen and oxygen atoms in total. The van der Waals surface area contributed by atoms with Crippen LogP contribution in [0.25, 0.3) is 0 Å². The number of rotatable bonds is 14. The molecule has 34 heavy (non-hydrogen) atoms. The summed E-state index contributed by atoms with van der Waals surface area (Å²) in [4.78, 5) is 71.5. The topological polar surface area (TPSA) is 229 Å². The lowest BCUT2D eigenvalue weighted by Crippen LogP contribution is -2.55. The number of hydrogen-bond acceptors (Lipinski definition) is 8. The van der Waals surface area contributed by atoms with Gasteiger partial charge in [0.1, 0.15) is 18.6 Å². The maximum atomic E-state index is 12.8. The SMILES string of the molecule is CC(C)C[C@H](NC(=O)[C@@H](CCC(N)=O)NC(=O)CNC(=O)[C@@H]1C[C@@H](O)CN1)C(=O)NCC(=O)O. The molecule has 1 aliphatic heterocycles. The molecule has 0 aromatic carbocycles. The fraction of sp³-hybridized carbons (Fsp3) is 0.700. The summed E-state index contributed by atoms with van der Waals surface area (Å²) >= 11 is 0. The third-order valence-corrected chi connectivity index (χ3v) is 4.93. The summed E-state index contributed by atoms with van der Waals surface area (Å²) in [5.74, 6) is -4.66. The number of carbonyl (C=O) groups excluding carboxylic acids is 5. The zero-order valence-electron chi connectivity index (χ0n) is 19.3. The Hall–Kier alpha value is -3.26. The number of aliphatic carboxylic acids is 1. The number of hydrogen-bond donors (Lipinski definition) is 8. The van der Waals surface area contributed by atoms with Crippen LogP contribution in [0.2, 0.25) is 0 Å². The molecule has 14 heteroatoms. The number of carboxylic acid groups (broad SMARTS) is 1. The van der Waals surface area contributed by atoms with Gasteiger partial charge < -0.3 is 42.5 Å². The highest BCUT2D eigenvalue weighted by Gasteiger charge is 2.30. The predicted molar refractivity (Wildman–Crippen MR) is 118 cm³/mol. The minimum Gasteiger partial charge on any atom is -0.480 e. The van der Waals surface area contributed by atoms with Gasteiger partial charge in [0.25, 0.3) is 0 Å². The first-order valence-corrected chi connectivity index (χ1v) is 11.0. The van der Waals surface area contributed by atoms with Crippen molar-refractivity contribution in [2.24, 2.45) is 11.7 Å². The zero-order valence-corrected chi connectivity index (χ0v) is 19.3. The number of aliphatic hydroxyl groups is 1. The van der Waals surface area contributed by atoms with Gasteiger partial charge in [-0.3, -0.25) is 28.8 Å². The van der Waals surface area contributed by atoms with Gasteiger partial charge in [0, 0.05) is 13.0 Å². The quantitative estimate of drug-likeness (QED) is 0.121. The molecule has 4 atom stereocenters. The van der Waals surface area contributed by atoms with Gasteiger partial charge in [-0.05, 0) is 25.2 Å². The maximum absolute atomic E-state index is 12.8. The minimum atomic E-state index is -1.25. The number of carbonyl (C=O) groups is 6. The van der Waals surface area contributed by atoms with E-state index in [1.807, 2.05) is 0 Å². The van der Waals surface area contributed by atoms with Crippen LogP contribution in [-0.4, -0.2) is 89.6 Å². The van der Waals surface area contributed by atoms with Crippen molar-refractivity contribution in [3.63, 3.8) is 0 Å². The second-order valence-corrected chi connectivity index (χ2v) is 8.50. The van der Waals surface area contributed by atoms with Crippen LogP contribution in [0.5, 0.6) is 0 Å². The van der Waals surface area contributed by atoms with E-state index in [1.54, 1.807) is 13.8 Å². The first-order valence-electron chi connectivity index (χ1n) is 11.0. The van der Waals surface area contributed by atoms with Gasteiger partial charge in [-0.2, -0.15) is 0 Å². The monoisotopic (exact) mass is 486 g/mol. The number of amides is 5. The van der Waals surface area contributed by atoms with Crippen LogP contribution in [-0.2, 0) is 28.8 Å². The molecule has 0 saturated carbocycles. The molecule has 0 aromatic rings. The molecule has 0 unspecified atom stereocenters. The molecule has 0 spiro atoms. The van der Waals surface area contributed by atoms with Gasteiger partial charge in [0.2, 0.25) is 29.5 Å². The van der Waals surface area contributed by atoms with Crippen LogP contribution in [0.3, 0.4) is 0 Å². The van der Waals surface area contributed by atoms with Gasteiger partial charge in [-0.15, -0.1) is 0 Å². The predicted octanol–water partition coefficient (Wildman–Crippen LogP) is -3.69. The molecule has 1 heterocycles. The lowest BCUT2D eigenvalue weighted by atomic mass is 10.0. The highest BCUT2D eigenvalue weighted by molar-refractivity contribution is 5.94. The maximum Gasteiger partial charge on any atom is 0.322 e. The number of β-amino-alcohol motifs (C(OH)–C–C–N with tert-alkyl or cyclic N) is 1. The minimum absolute atomic E-state index is 0.0301. The van der Waals surface area contributed by atoms with Crippen molar-refractivity contribution in [1.82, 2.24) is 26.6 Å². The number of aliphatic hydroxyl groups excluding tert-OH is 1. The molecule has 0 bridgehead atoms. The van der Waals surface area contributed by atoms with E-state index in [2.05, 4.69) is 26.6 Å². The molecule has 1 saturated heterocycles. The second kappa shape index (κ2) is 14.1. The van der Waals surface area contributed by atoms with E-state index < -0.39 is 72.8 Å². The summed E-state index contributed by atoms with van der Waals surface area (Å²) in [6.07, 6.45) is -0.628. The Morgan fingerprint density at radius 3 is 2.21 bits per heavy atom. The lowest BCUT2D eigenvalue weighted by molar-refractivity contribution is -0.138. The van der Waals surface area contributed by atoms with Crippen molar-refractivity contribution >= 4 is 35.5 Å². The number of nitrogens with two attached hydrogens (primary N) is 1. The van der Waals surface area contributed by atoms with E-state index in [0.29, 0.717) is 0 Å². The van der Waals surface area contributed by atoms with Crippen molar-refractivity contribution in [1.29, 1.82) is 0 Å². The van der Waals surface area contributed by atoms with Crippen molar-refractivity contribution in [3.8, 4) is 0 Å². The summed E-state index contributed by atoms with van der Waals surface area (Å²) < 4.78 is 0. The van der Waals surface area contributed by atoms with E-state index in [9.17, 15) is 33.9 Å². The first kappa shape index (κ1) is 28.8. The summed E-state index contributed by atoms with van der Waals surface area (Å²) in [5.41, 5.74) is 5.15. The first-order chi connectivity index (χ1) is 15.9. The Morgan fingerprint density at radius 1 is 1.00 bits per heavy atom. The molecular formula is C20H34N6O8. The molecule has 0 aliphatic carbocycles. The molecular weight excluding hydrogens is 452 g/mol. The molecule has 1 fully saturated rings. The lowest BCUT2D eigenvalue weighted by Gasteiger charge is -2.24. The third-order valence-electron chi connectivity index (χ3n) is 4.93. The molecule has 0 aromatic heterocycles. The van der Waals surface area contributed by atoms with E-state index in [-0.39, 0.29) is 38.1 Å². The van der Waals surface area contributed by atoms with E-state index >= 15 is 0 Å². The van der Waals surface area contributed by atoms with Crippen molar-refractivity contribution in [2.45, 2.75) is 63.8 Å². The van der Waals surface area contributed by atoms with E-state index in [0.717, 1.165) is 0 Å². The van der Waals surface area contributed by atoms with Gasteiger partial charge in [0.15, 0.2) is 0 Å². The average molecular weight is 487 g/mol. The molecule has 1 rings (SSSR count). The van der Waals surface area contributed by atoms with Crippen LogP contribution < -0.4 is 32.3 Å². The molecule has 1 aliphatic rings. The second-order valence-electron chi connectivity index (χ2n) is 8.50. The van der Waals surface area contributed by atoms with Crippen LogP contribution >= 0.6 is 0 Å². The van der Waals surface area contributed by atoms with Crippen molar-refractivity contribution in [3.05, 3.63) is 0 Å². The zero-order chi connectivity index (χ0) is 25.8. The Labute approximate surface area is 196 Å². The van der Waals surface area contributed by atoms with Crippen molar-refractivity contribution in [2.75, 3.05) is 19.6 Å². The number of nitrogens with one attached hydrogen (secondary N) is 5. The van der Waals surface area contributed by atoms with Crippen molar-refractivity contribution < 1.29 is 39.0 Å². The van der Waals surface area contributed by atoms with Gasteiger partial charge >= 0.3 is 5.97 Å². The third kappa shape index (κ3) is 11.0. The van der Waals surface area contributed by atoms with E-state index in [4.69, 9.17) is 10.8 Å². The standard InChI is InChI=1S/C20H34N6O8/c1-10(2)5-14(19(33)24-9-17(30)31)26-20(34)12(3-4-15(21)28)25-16(29)8-23-18(32)13-6-11(27)7-22-13/h10-14,22,27H,3-9H2,1-2H3,(H2,21,28)(H,23,32)(H,24,33)(H,25,29)(H,26,34)(H,30,31)/t11-,12-,13+,14+/m1/s1. The normalized spacial score (nSPS) is 19.1. The van der Waals surface area contributed by atoms with Gasteiger partial charge in [-0.1, -0.05) is 13.8 Å². The van der Waals surface area contributed by atoms with Gasteiger partial charge in [-0.25, -0.2) is 0 Å². The fourth-order valence-corrected chi connectivity index (χ4v) is 3.27. The summed E-state index contributed by atoms with van der Waals surface area (Å²) in [7, 11) is 0. The van der Waals surface area contributed by atoms with Crippen LogP contribution in [0.1, 0.15) is 39.5 Å². The van der Waals surface area contributed by atoms with Crippen LogP contribution in [0, 0.1) is 5.92 Å². The highest BCUT2D eigenvalue weighted by Crippen LogP contribution is 2.07. The summed E-state index contributed by atoms with van der Waals surface area (Å²) in [6, 6.07) is -2.94. The fourth-order valence-electron chi connectivity index (χ4n) is 3.27. The summed E-state index contributed by atoms with van der Waals surface area (Å²) in [6.45, 7) is 2.78. The number of primary amides is 1. The molecule has 5 amide bonds. The Kier molecular flexibility index (Phi) is 11.9.